The van der Waals surface area contributed by atoms with Crippen LogP contribution in [0.25, 0.3) is 0 Å². The summed E-state index contributed by atoms with van der Waals surface area (Å²) in [7, 11) is 1.64. The second-order valence-corrected chi connectivity index (χ2v) is 11.0. The van der Waals surface area contributed by atoms with Gasteiger partial charge in [-0.2, -0.15) is 11.8 Å². The third-order valence-electron chi connectivity index (χ3n) is 6.79. The fourth-order valence-corrected chi connectivity index (χ4v) is 7.25. The van der Waals surface area contributed by atoms with Gasteiger partial charge in [0, 0.05) is 23.9 Å². The van der Waals surface area contributed by atoms with Crippen molar-refractivity contribution >= 4 is 47.7 Å². The summed E-state index contributed by atoms with van der Waals surface area (Å²) in [6.07, 6.45) is 5.54. The maximum absolute atomic E-state index is 13.0. The van der Waals surface area contributed by atoms with Gasteiger partial charge in [0.2, 0.25) is 11.8 Å². The highest BCUT2D eigenvalue weighted by atomic mass is 35.5. The number of methoxy groups -OCH3 is 1. The second kappa shape index (κ2) is 12.4. The lowest BCUT2D eigenvalue weighted by Crippen LogP contribution is -2.53. The van der Waals surface area contributed by atoms with Crippen molar-refractivity contribution in [2.24, 2.45) is 17.8 Å². The zero-order chi connectivity index (χ0) is 21.6. The number of fused-ring (bicyclic) bond motifs is 2. The molecule has 0 spiro atoms. The second-order valence-electron chi connectivity index (χ2n) is 8.87. The van der Waals surface area contributed by atoms with Gasteiger partial charge >= 0.3 is 0 Å². The van der Waals surface area contributed by atoms with Gasteiger partial charge in [-0.3, -0.25) is 14.9 Å². The topological polar surface area (TPSA) is 79.5 Å². The maximum Gasteiger partial charge on any atom is 0.243 e. The smallest absolute Gasteiger partial charge is 0.243 e. The highest BCUT2D eigenvalue weighted by Gasteiger charge is 2.39. The van der Waals surface area contributed by atoms with E-state index in [0.29, 0.717) is 12.3 Å². The normalized spacial score (nSPS) is 26.9. The van der Waals surface area contributed by atoms with Crippen LogP contribution in [0.5, 0.6) is 5.75 Å². The van der Waals surface area contributed by atoms with Crippen molar-refractivity contribution in [2.75, 3.05) is 30.2 Å². The lowest BCUT2D eigenvalue weighted by Gasteiger charge is -2.23. The van der Waals surface area contributed by atoms with Crippen LogP contribution in [0.1, 0.15) is 31.2 Å². The van der Waals surface area contributed by atoms with E-state index in [1.807, 2.05) is 36.0 Å². The van der Waals surface area contributed by atoms with E-state index in [9.17, 15) is 9.59 Å². The Kier molecular flexibility index (Phi) is 9.89. The standard InChI is InChI=1S/C23H33N3O3S2.ClH/c1-29-19-6-3-15(4-7-19)10-24-22(27)21(26-23(28)20-12-31-14-25-20)13-30-11-18-9-16-2-5-17(18)8-16;/h3-4,6-7,16-18,20-21,25H,2,5,8-14H2,1H3,(H,24,27)(H,26,28);1H/t16-,17?,18+,20+,21+;/m1./s1. The molecule has 1 aromatic rings. The minimum Gasteiger partial charge on any atom is -0.497 e. The van der Waals surface area contributed by atoms with E-state index in [0.717, 1.165) is 46.4 Å². The van der Waals surface area contributed by atoms with Crippen molar-refractivity contribution < 1.29 is 14.3 Å². The third kappa shape index (κ3) is 6.72. The van der Waals surface area contributed by atoms with E-state index in [-0.39, 0.29) is 30.3 Å². The van der Waals surface area contributed by atoms with Crippen molar-refractivity contribution in [3.05, 3.63) is 29.8 Å². The Morgan fingerprint density at radius 3 is 2.69 bits per heavy atom. The van der Waals surface area contributed by atoms with Gasteiger partial charge in [-0.05, 0) is 60.5 Å². The summed E-state index contributed by atoms with van der Waals surface area (Å²) in [4.78, 5) is 25.6. The molecule has 1 heterocycles. The van der Waals surface area contributed by atoms with Gasteiger partial charge in [-0.1, -0.05) is 18.6 Å². The van der Waals surface area contributed by atoms with Crippen LogP contribution in [-0.2, 0) is 16.1 Å². The van der Waals surface area contributed by atoms with E-state index >= 15 is 0 Å². The number of hydrogen-bond donors (Lipinski definition) is 3. The van der Waals surface area contributed by atoms with Gasteiger partial charge in [-0.25, -0.2) is 0 Å². The van der Waals surface area contributed by atoms with Gasteiger partial charge < -0.3 is 15.4 Å². The van der Waals surface area contributed by atoms with Crippen molar-refractivity contribution in [2.45, 2.75) is 44.3 Å². The predicted octanol–water partition coefficient (Wildman–Crippen LogP) is 3.05. The molecule has 6 nitrogen and oxygen atoms in total. The first kappa shape index (κ1) is 25.5. The van der Waals surface area contributed by atoms with Crippen LogP contribution in [0.3, 0.4) is 0 Å². The number of hydrogen-bond acceptors (Lipinski definition) is 6. The fourth-order valence-electron chi connectivity index (χ4n) is 4.99. The van der Waals surface area contributed by atoms with Crippen LogP contribution < -0.4 is 20.7 Å². The van der Waals surface area contributed by atoms with Crippen LogP contribution in [0.2, 0.25) is 0 Å². The van der Waals surface area contributed by atoms with Gasteiger partial charge in [0.25, 0.3) is 0 Å². The summed E-state index contributed by atoms with van der Waals surface area (Å²) >= 11 is 3.53. The van der Waals surface area contributed by atoms with Crippen molar-refractivity contribution in [1.82, 2.24) is 16.0 Å². The first-order valence-corrected chi connectivity index (χ1v) is 13.5. The molecule has 5 atom stereocenters. The molecule has 2 saturated carbocycles. The molecule has 2 aliphatic carbocycles. The minimum atomic E-state index is -0.512. The highest BCUT2D eigenvalue weighted by molar-refractivity contribution is 7.99. The summed E-state index contributed by atoms with van der Waals surface area (Å²) in [5, 5.41) is 9.20. The Balaban J connectivity index is 0.00000289. The lowest BCUT2D eigenvalue weighted by molar-refractivity contribution is -0.129. The predicted molar refractivity (Wildman–Crippen MR) is 135 cm³/mol. The largest absolute Gasteiger partial charge is 0.497 e. The third-order valence-corrected chi connectivity index (χ3v) is 8.97. The molecule has 178 valence electrons. The molecule has 4 rings (SSSR count). The van der Waals surface area contributed by atoms with Crippen molar-refractivity contribution in [1.29, 1.82) is 0 Å². The fraction of sp³-hybridized carbons (Fsp3) is 0.652. The van der Waals surface area contributed by atoms with Crippen LogP contribution in [0.4, 0.5) is 0 Å². The lowest BCUT2D eigenvalue weighted by atomic mass is 9.90. The maximum atomic E-state index is 13.0. The Labute approximate surface area is 205 Å². The average Bonchev–Trinajstić information content (AvgIpc) is 3.56. The molecular formula is C23H34ClN3O3S2. The molecule has 9 heteroatoms. The molecule has 1 aromatic carbocycles. The van der Waals surface area contributed by atoms with Crippen LogP contribution in [0, 0.1) is 17.8 Å². The molecule has 0 radical (unpaired) electrons. The van der Waals surface area contributed by atoms with Gasteiger partial charge in [0.15, 0.2) is 0 Å². The Morgan fingerprint density at radius 1 is 1.25 bits per heavy atom. The molecule has 32 heavy (non-hydrogen) atoms. The zero-order valence-electron chi connectivity index (χ0n) is 18.5. The number of nitrogens with one attached hydrogen (secondary N) is 3. The molecule has 1 aliphatic heterocycles. The summed E-state index contributed by atoms with van der Waals surface area (Å²) in [5.41, 5.74) is 1.00. The van der Waals surface area contributed by atoms with Crippen molar-refractivity contribution in [3.8, 4) is 5.75 Å². The summed E-state index contributed by atoms with van der Waals surface area (Å²) < 4.78 is 5.18. The average molecular weight is 500 g/mol. The number of thioether (sulfide) groups is 2. The summed E-state index contributed by atoms with van der Waals surface area (Å²) in [6, 6.07) is 6.93. The minimum absolute atomic E-state index is 0. The first-order valence-electron chi connectivity index (χ1n) is 11.2. The number of benzene rings is 1. The first-order chi connectivity index (χ1) is 15.1. The molecule has 2 bridgehead atoms. The quantitative estimate of drug-likeness (QED) is 0.459. The highest BCUT2D eigenvalue weighted by Crippen LogP contribution is 2.49. The van der Waals surface area contributed by atoms with E-state index in [2.05, 4.69) is 16.0 Å². The number of carbonyl (C=O) groups is 2. The Morgan fingerprint density at radius 2 is 2.06 bits per heavy atom. The number of amides is 2. The SMILES string of the molecule is COc1ccc(CNC(=O)[C@H](CSC[C@@H]2C[C@@H]3CCC2C3)NC(=O)[C@@H]2CSCN2)cc1.Cl. The summed E-state index contributed by atoms with van der Waals surface area (Å²) in [5.74, 6) is 6.46. The molecule has 2 amide bonds. The van der Waals surface area contributed by atoms with E-state index in [4.69, 9.17) is 4.74 Å². The van der Waals surface area contributed by atoms with Crippen LogP contribution >= 0.6 is 35.9 Å². The Hall–Kier alpha value is -1.09. The molecule has 3 N–H and O–H groups in total. The molecule has 1 saturated heterocycles. The Bertz CT molecular complexity index is 761. The number of rotatable bonds is 10. The monoisotopic (exact) mass is 499 g/mol. The van der Waals surface area contributed by atoms with Crippen molar-refractivity contribution in [3.63, 3.8) is 0 Å². The van der Waals surface area contributed by atoms with Crippen LogP contribution in [-0.4, -0.2) is 54.1 Å². The number of carbonyl (C=O) groups excluding carboxylic acids is 2. The summed E-state index contributed by atoms with van der Waals surface area (Å²) in [6.45, 7) is 0.434. The van der Waals surface area contributed by atoms with E-state index in [1.165, 1.54) is 25.7 Å². The molecule has 1 unspecified atom stereocenters. The van der Waals surface area contributed by atoms with E-state index in [1.54, 1.807) is 18.9 Å². The van der Waals surface area contributed by atoms with E-state index < -0.39 is 6.04 Å². The number of ether oxygens (including phenoxy) is 1. The molecule has 3 fully saturated rings. The van der Waals surface area contributed by atoms with Gasteiger partial charge in [0.05, 0.1) is 13.2 Å². The zero-order valence-corrected chi connectivity index (χ0v) is 21.0. The van der Waals surface area contributed by atoms with Gasteiger partial charge in [0.1, 0.15) is 11.8 Å². The molecular weight excluding hydrogens is 466 g/mol. The van der Waals surface area contributed by atoms with Gasteiger partial charge in [-0.15, -0.1) is 24.2 Å². The number of halogens is 1. The molecule has 0 aromatic heterocycles. The molecule has 3 aliphatic rings. The van der Waals surface area contributed by atoms with Crippen LogP contribution in [0.15, 0.2) is 24.3 Å².